The molecule has 0 aliphatic carbocycles. The van der Waals surface area contributed by atoms with Crippen LogP contribution < -0.4 is 14.5 Å². The van der Waals surface area contributed by atoms with Gasteiger partial charge in [0.25, 0.3) is 0 Å². The number of alkyl halides is 3. The van der Waals surface area contributed by atoms with Crippen molar-refractivity contribution < 1.29 is 34.9 Å². The summed E-state index contributed by atoms with van der Waals surface area (Å²) in [5.74, 6) is 0.0769. The summed E-state index contributed by atoms with van der Waals surface area (Å²) >= 11 is 3.15. The predicted octanol–water partition coefficient (Wildman–Crippen LogP) is 4.35. The monoisotopic (exact) mass is 478 g/mol. The van der Waals surface area contributed by atoms with Gasteiger partial charge in [-0.05, 0) is 46.3 Å². The highest BCUT2D eigenvalue weighted by molar-refractivity contribution is 9.10. The molecule has 3 aromatic rings. The molecule has 0 amide bonds. The molecule has 0 unspecified atom stereocenters. The highest BCUT2D eigenvalue weighted by Crippen LogP contribution is 2.35. The molecule has 0 bridgehead atoms. The zero-order valence-electron chi connectivity index (χ0n) is 13.9. The van der Waals surface area contributed by atoms with Crippen molar-refractivity contribution in [2.45, 2.75) is 11.1 Å². The molecule has 2 aromatic carbocycles. The first-order chi connectivity index (χ1) is 13.0. The van der Waals surface area contributed by atoms with Gasteiger partial charge >= 0.3 is 21.9 Å². The van der Waals surface area contributed by atoms with Crippen LogP contribution in [0.15, 0.2) is 61.0 Å². The molecule has 0 atom stereocenters. The van der Waals surface area contributed by atoms with Crippen molar-refractivity contribution in [3.8, 4) is 11.5 Å². The first kappa shape index (κ1) is 20.2. The standard InChI is InChI=1S/C17H10BrF3O6S/c1-25-14-5-3-10(7-13(14)18)28(23,24)27-9-2-4-11-12(17(19,20)21)8-16(22)26-15(11)6-9/h2-8H,1H3. The van der Waals surface area contributed by atoms with Gasteiger partial charge in [0.05, 0.1) is 17.1 Å². The van der Waals surface area contributed by atoms with Crippen molar-refractivity contribution in [3.63, 3.8) is 0 Å². The van der Waals surface area contributed by atoms with Gasteiger partial charge in [-0.25, -0.2) is 4.79 Å². The van der Waals surface area contributed by atoms with Crippen LogP contribution in [-0.4, -0.2) is 15.5 Å². The van der Waals surface area contributed by atoms with Crippen molar-refractivity contribution in [2.24, 2.45) is 0 Å². The molecular weight excluding hydrogens is 469 g/mol. The summed E-state index contributed by atoms with van der Waals surface area (Å²) in [5.41, 5.74) is -2.87. The maximum atomic E-state index is 13.1. The summed E-state index contributed by atoms with van der Waals surface area (Å²) in [7, 11) is -2.90. The number of fused-ring (bicyclic) bond motifs is 1. The molecule has 0 saturated heterocycles. The summed E-state index contributed by atoms with van der Waals surface area (Å²) in [6.07, 6.45) is -4.78. The fourth-order valence-corrected chi connectivity index (χ4v) is 4.05. The third kappa shape index (κ3) is 3.99. The highest BCUT2D eigenvalue weighted by atomic mass is 79.9. The van der Waals surface area contributed by atoms with Gasteiger partial charge in [-0.1, -0.05) is 0 Å². The lowest BCUT2D eigenvalue weighted by atomic mass is 10.1. The number of benzene rings is 2. The molecular formula is C17H10BrF3O6S. The number of hydrogen-bond acceptors (Lipinski definition) is 6. The van der Waals surface area contributed by atoms with Gasteiger partial charge in [0, 0.05) is 17.5 Å². The molecule has 11 heteroatoms. The quantitative estimate of drug-likeness (QED) is 0.409. The lowest BCUT2D eigenvalue weighted by molar-refractivity contribution is -0.136. The van der Waals surface area contributed by atoms with E-state index in [1.807, 2.05) is 0 Å². The molecule has 0 spiro atoms. The lowest BCUT2D eigenvalue weighted by Crippen LogP contribution is -2.12. The van der Waals surface area contributed by atoms with E-state index in [-0.39, 0.29) is 10.6 Å². The first-order valence-electron chi connectivity index (χ1n) is 7.44. The van der Waals surface area contributed by atoms with Crippen LogP contribution in [0.3, 0.4) is 0 Å². The summed E-state index contributed by atoms with van der Waals surface area (Å²) in [4.78, 5) is 11.2. The molecule has 0 N–H and O–H groups in total. The van der Waals surface area contributed by atoms with E-state index in [0.29, 0.717) is 16.3 Å². The second kappa shape index (κ2) is 7.13. The van der Waals surface area contributed by atoms with Crippen molar-refractivity contribution in [3.05, 3.63) is 62.9 Å². The van der Waals surface area contributed by atoms with Crippen LogP contribution in [0.1, 0.15) is 5.56 Å². The van der Waals surface area contributed by atoms with E-state index in [2.05, 4.69) is 15.9 Å². The third-order valence-corrected chi connectivity index (χ3v) is 5.50. The topological polar surface area (TPSA) is 82.8 Å². The van der Waals surface area contributed by atoms with Gasteiger partial charge in [0.2, 0.25) is 0 Å². The Hall–Kier alpha value is -2.53. The van der Waals surface area contributed by atoms with Crippen LogP contribution in [-0.2, 0) is 16.3 Å². The van der Waals surface area contributed by atoms with Crippen LogP contribution in [0.2, 0.25) is 0 Å². The Labute approximate surface area is 164 Å². The van der Waals surface area contributed by atoms with Crippen LogP contribution in [0.5, 0.6) is 11.5 Å². The largest absolute Gasteiger partial charge is 0.496 e. The molecule has 0 aliphatic rings. The fraction of sp³-hybridized carbons (Fsp3) is 0.118. The summed E-state index contributed by atoms with van der Waals surface area (Å²) in [5, 5.41) is -0.399. The minimum atomic E-state index is -4.78. The van der Waals surface area contributed by atoms with Gasteiger partial charge in [-0.15, -0.1) is 0 Å². The minimum absolute atomic E-state index is 0.217. The van der Waals surface area contributed by atoms with Crippen LogP contribution in [0, 0.1) is 0 Å². The number of ether oxygens (including phenoxy) is 1. The van der Waals surface area contributed by atoms with E-state index >= 15 is 0 Å². The SMILES string of the molecule is COc1ccc(S(=O)(=O)Oc2ccc3c(C(F)(F)F)cc(=O)oc3c2)cc1Br. The smallest absolute Gasteiger partial charge is 0.417 e. The molecule has 0 aliphatic heterocycles. The molecule has 0 radical (unpaired) electrons. The average molecular weight is 479 g/mol. The van der Waals surface area contributed by atoms with E-state index in [4.69, 9.17) is 13.3 Å². The Morgan fingerprint density at radius 2 is 1.79 bits per heavy atom. The van der Waals surface area contributed by atoms with Crippen molar-refractivity contribution in [1.82, 2.24) is 0 Å². The third-order valence-electron chi connectivity index (χ3n) is 3.64. The van der Waals surface area contributed by atoms with E-state index in [0.717, 1.165) is 18.2 Å². The van der Waals surface area contributed by atoms with E-state index in [1.165, 1.54) is 25.3 Å². The maximum Gasteiger partial charge on any atom is 0.417 e. The predicted molar refractivity (Wildman–Crippen MR) is 96.0 cm³/mol. The van der Waals surface area contributed by atoms with Crippen molar-refractivity contribution >= 4 is 37.0 Å². The van der Waals surface area contributed by atoms with Crippen LogP contribution >= 0.6 is 15.9 Å². The normalized spacial score (nSPS) is 12.2. The van der Waals surface area contributed by atoms with Gasteiger partial charge in [0.15, 0.2) is 0 Å². The molecule has 3 rings (SSSR count). The number of halogens is 4. The van der Waals surface area contributed by atoms with Crippen molar-refractivity contribution in [1.29, 1.82) is 0 Å². The number of hydrogen-bond donors (Lipinski definition) is 0. The van der Waals surface area contributed by atoms with Crippen LogP contribution in [0.4, 0.5) is 13.2 Å². The molecule has 0 saturated carbocycles. The Morgan fingerprint density at radius 1 is 1.07 bits per heavy atom. The van der Waals surface area contributed by atoms with Crippen molar-refractivity contribution in [2.75, 3.05) is 7.11 Å². The Morgan fingerprint density at radius 3 is 2.39 bits per heavy atom. The average Bonchev–Trinajstić information content (AvgIpc) is 2.59. The minimum Gasteiger partial charge on any atom is -0.496 e. The van der Waals surface area contributed by atoms with E-state index in [9.17, 15) is 26.4 Å². The van der Waals surface area contributed by atoms with Gasteiger partial charge in [0.1, 0.15) is 22.0 Å². The van der Waals surface area contributed by atoms with Gasteiger partial charge < -0.3 is 13.3 Å². The van der Waals surface area contributed by atoms with Gasteiger partial charge in [-0.2, -0.15) is 21.6 Å². The molecule has 148 valence electrons. The number of rotatable bonds is 4. The molecule has 28 heavy (non-hydrogen) atoms. The molecule has 0 fully saturated rings. The second-order valence-corrected chi connectivity index (χ2v) is 7.87. The van der Waals surface area contributed by atoms with E-state index in [1.54, 1.807) is 0 Å². The summed E-state index contributed by atoms with van der Waals surface area (Å²) in [6, 6.07) is 7.12. The zero-order valence-corrected chi connectivity index (χ0v) is 16.3. The second-order valence-electron chi connectivity index (χ2n) is 5.47. The number of methoxy groups -OCH3 is 1. The Kier molecular flexibility index (Phi) is 5.15. The first-order valence-corrected chi connectivity index (χ1v) is 9.64. The fourth-order valence-electron chi connectivity index (χ4n) is 2.41. The van der Waals surface area contributed by atoms with E-state index < -0.39 is 38.5 Å². The summed E-state index contributed by atoms with van der Waals surface area (Å²) in [6.45, 7) is 0. The summed E-state index contributed by atoms with van der Waals surface area (Å²) < 4.78 is 79.1. The van der Waals surface area contributed by atoms with Crippen LogP contribution in [0.25, 0.3) is 11.0 Å². The molecule has 1 heterocycles. The molecule has 1 aromatic heterocycles. The maximum absolute atomic E-state index is 13.1. The zero-order chi connectivity index (χ0) is 20.7. The van der Waals surface area contributed by atoms with Gasteiger partial charge in [-0.3, -0.25) is 0 Å². The Balaban J connectivity index is 2.03. The molecule has 6 nitrogen and oxygen atoms in total. The lowest BCUT2D eigenvalue weighted by Gasteiger charge is -2.11. The Bertz CT molecular complexity index is 1220. The highest BCUT2D eigenvalue weighted by Gasteiger charge is 2.34.